The Bertz CT molecular complexity index is 341. The van der Waals surface area contributed by atoms with E-state index in [1.165, 1.54) is 4.31 Å². The highest BCUT2D eigenvalue weighted by atomic mass is 32.2. The van der Waals surface area contributed by atoms with Gasteiger partial charge >= 0.3 is 0 Å². The Kier molecular flexibility index (Phi) is 2.32. The van der Waals surface area contributed by atoms with Gasteiger partial charge in [0.15, 0.2) is 0 Å². The van der Waals surface area contributed by atoms with Crippen LogP contribution in [0.15, 0.2) is 10.7 Å². The van der Waals surface area contributed by atoms with Crippen LogP contribution >= 0.6 is 0 Å². The Morgan fingerprint density at radius 2 is 1.77 bits per heavy atom. The van der Waals surface area contributed by atoms with Crippen molar-refractivity contribution in [1.82, 2.24) is 9.21 Å². The van der Waals surface area contributed by atoms with Crippen LogP contribution in [0.1, 0.15) is 20.8 Å². The van der Waals surface area contributed by atoms with E-state index in [1.807, 2.05) is 32.8 Å². The second-order valence-electron chi connectivity index (χ2n) is 3.67. The number of rotatable bonds is 2. The third-order valence-electron chi connectivity index (χ3n) is 2.06. The van der Waals surface area contributed by atoms with Crippen molar-refractivity contribution in [3.63, 3.8) is 0 Å². The fourth-order valence-corrected chi connectivity index (χ4v) is 3.28. The molecule has 0 aromatic rings. The Balaban J connectivity index is 3.16. The highest BCUT2D eigenvalue weighted by molar-refractivity contribution is 7.94. The van der Waals surface area contributed by atoms with E-state index in [1.54, 1.807) is 6.92 Å². The van der Waals surface area contributed by atoms with Crippen LogP contribution in [-0.2, 0) is 10.0 Å². The van der Waals surface area contributed by atoms with Gasteiger partial charge in [-0.1, -0.05) is 0 Å². The molecule has 0 fully saturated rings. The van der Waals surface area contributed by atoms with E-state index in [2.05, 4.69) is 0 Å². The molecule has 1 aliphatic heterocycles. The summed E-state index contributed by atoms with van der Waals surface area (Å²) in [6, 6.07) is -0.00824. The predicted molar refractivity (Wildman–Crippen MR) is 52.3 cm³/mol. The van der Waals surface area contributed by atoms with E-state index in [0.29, 0.717) is 4.91 Å². The van der Waals surface area contributed by atoms with Crippen LogP contribution in [0.2, 0.25) is 0 Å². The maximum atomic E-state index is 11.5. The molecule has 1 aliphatic rings. The van der Waals surface area contributed by atoms with Crippen LogP contribution in [0.5, 0.6) is 0 Å². The molecule has 0 saturated carbocycles. The summed E-state index contributed by atoms with van der Waals surface area (Å²) in [5, 5.41) is 0. The first-order valence-corrected chi connectivity index (χ1v) is 5.66. The zero-order valence-corrected chi connectivity index (χ0v) is 9.51. The molecule has 0 aliphatic carbocycles. The molecule has 0 atom stereocenters. The van der Waals surface area contributed by atoms with E-state index in [4.69, 9.17) is 0 Å². The van der Waals surface area contributed by atoms with E-state index in [-0.39, 0.29) is 6.04 Å². The van der Waals surface area contributed by atoms with Gasteiger partial charge in [0, 0.05) is 20.1 Å². The third-order valence-corrected chi connectivity index (χ3v) is 4.13. The SMILES string of the molecule is CC1=C(N(C)C)N(C(C)C)S1(=O)=O. The first kappa shape index (κ1) is 10.4. The van der Waals surface area contributed by atoms with Gasteiger partial charge in [-0.15, -0.1) is 0 Å². The zero-order valence-electron chi connectivity index (χ0n) is 8.70. The lowest BCUT2D eigenvalue weighted by Crippen LogP contribution is -2.49. The fourth-order valence-electron chi connectivity index (χ4n) is 1.53. The summed E-state index contributed by atoms with van der Waals surface area (Å²) in [6.45, 7) is 5.38. The summed E-state index contributed by atoms with van der Waals surface area (Å²) < 4.78 is 24.5. The number of hydrogen-bond donors (Lipinski definition) is 0. The Morgan fingerprint density at radius 1 is 1.31 bits per heavy atom. The fraction of sp³-hybridized carbons (Fsp3) is 0.750. The van der Waals surface area contributed by atoms with Crippen molar-refractivity contribution >= 4 is 10.0 Å². The second kappa shape index (κ2) is 2.90. The van der Waals surface area contributed by atoms with Crippen LogP contribution in [0.3, 0.4) is 0 Å². The molecular formula is C8H16N2O2S. The molecule has 0 bridgehead atoms. The monoisotopic (exact) mass is 204 g/mol. The first-order chi connectivity index (χ1) is 5.80. The van der Waals surface area contributed by atoms with Gasteiger partial charge in [-0.05, 0) is 20.8 Å². The molecule has 76 valence electrons. The number of allylic oxidation sites excluding steroid dienone is 1. The molecule has 4 nitrogen and oxygen atoms in total. The zero-order chi connectivity index (χ0) is 10.4. The molecule has 0 N–H and O–H groups in total. The molecule has 0 unspecified atom stereocenters. The lowest BCUT2D eigenvalue weighted by Gasteiger charge is -2.42. The molecular weight excluding hydrogens is 188 g/mol. The van der Waals surface area contributed by atoms with Gasteiger partial charge in [0.25, 0.3) is 10.0 Å². The van der Waals surface area contributed by atoms with Gasteiger partial charge in [0.05, 0.1) is 0 Å². The van der Waals surface area contributed by atoms with Crippen LogP contribution in [-0.4, -0.2) is 37.8 Å². The summed E-state index contributed by atoms with van der Waals surface area (Å²) >= 11 is 0. The molecule has 1 rings (SSSR count). The average molecular weight is 204 g/mol. The van der Waals surface area contributed by atoms with Crippen molar-refractivity contribution in [3.05, 3.63) is 10.7 Å². The standard InChI is InChI=1S/C8H16N2O2S/c1-6(2)10-8(9(4)5)7(3)13(10,11)12/h6H,1-5H3. The first-order valence-electron chi connectivity index (χ1n) is 4.22. The second-order valence-corrected chi connectivity index (χ2v) is 5.62. The summed E-state index contributed by atoms with van der Waals surface area (Å²) in [5.41, 5.74) is 0. The minimum absolute atomic E-state index is 0.00824. The van der Waals surface area contributed by atoms with Crippen LogP contribution in [0.25, 0.3) is 0 Å². The predicted octanol–water partition coefficient (Wildman–Crippen LogP) is 0.791. The smallest absolute Gasteiger partial charge is 0.265 e. The molecule has 13 heavy (non-hydrogen) atoms. The van der Waals surface area contributed by atoms with Crippen molar-refractivity contribution in [3.8, 4) is 0 Å². The van der Waals surface area contributed by atoms with E-state index < -0.39 is 10.0 Å². The molecule has 0 spiro atoms. The van der Waals surface area contributed by atoms with Crippen molar-refractivity contribution in [1.29, 1.82) is 0 Å². The lowest BCUT2D eigenvalue weighted by atomic mass is 10.4. The van der Waals surface area contributed by atoms with Crippen LogP contribution in [0, 0.1) is 0 Å². The minimum atomic E-state index is -3.12. The van der Waals surface area contributed by atoms with E-state index in [0.717, 1.165) is 5.82 Å². The quantitative estimate of drug-likeness (QED) is 0.667. The molecule has 1 heterocycles. The highest BCUT2D eigenvalue weighted by Gasteiger charge is 2.42. The van der Waals surface area contributed by atoms with Gasteiger partial charge in [0.2, 0.25) is 0 Å². The summed E-state index contributed by atoms with van der Waals surface area (Å²) in [7, 11) is 0.577. The third kappa shape index (κ3) is 1.31. The summed E-state index contributed by atoms with van der Waals surface area (Å²) in [4.78, 5) is 2.29. The molecule has 0 aromatic carbocycles. The minimum Gasteiger partial charge on any atom is -0.363 e. The molecule has 5 heteroatoms. The average Bonchev–Trinajstić information content (AvgIpc) is 1.96. The lowest BCUT2D eigenvalue weighted by molar-refractivity contribution is 0.297. The van der Waals surface area contributed by atoms with Crippen molar-refractivity contribution in [2.75, 3.05) is 14.1 Å². The molecule has 0 amide bonds. The largest absolute Gasteiger partial charge is 0.363 e. The number of hydrogen-bond acceptors (Lipinski definition) is 3. The summed E-state index contributed by atoms with van der Waals surface area (Å²) in [5.74, 6) is 0.801. The van der Waals surface area contributed by atoms with Gasteiger partial charge in [-0.25, -0.2) is 12.7 Å². The maximum Gasteiger partial charge on any atom is 0.265 e. The normalized spacial score (nSPS) is 20.6. The topological polar surface area (TPSA) is 40.6 Å². The Hall–Kier alpha value is -0.710. The van der Waals surface area contributed by atoms with Crippen molar-refractivity contribution in [2.45, 2.75) is 26.8 Å². The Labute approximate surface area is 79.9 Å². The van der Waals surface area contributed by atoms with Crippen LogP contribution in [0.4, 0.5) is 0 Å². The Morgan fingerprint density at radius 3 is 2.00 bits per heavy atom. The molecule has 0 aromatic heterocycles. The molecule has 0 radical (unpaired) electrons. The van der Waals surface area contributed by atoms with Crippen LogP contribution < -0.4 is 0 Å². The van der Waals surface area contributed by atoms with Gasteiger partial charge in [0.1, 0.15) is 10.7 Å². The van der Waals surface area contributed by atoms with E-state index in [9.17, 15) is 8.42 Å². The highest BCUT2D eigenvalue weighted by Crippen LogP contribution is 2.35. The number of nitrogens with zero attached hydrogens (tertiary/aromatic N) is 2. The number of sulfonamides is 1. The van der Waals surface area contributed by atoms with Crippen molar-refractivity contribution < 1.29 is 8.42 Å². The van der Waals surface area contributed by atoms with Crippen molar-refractivity contribution in [2.24, 2.45) is 0 Å². The van der Waals surface area contributed by atoms with Gasteiger partial charge in [-0.2, -0.15) is 0 Å². The van der Waals surface area contributed by atoms with Gasteiger partial charge < -0.3 is 4.90 Å². The molecule has 0 saturated heterocycles. The summed E-state index contributed by atoms with van der Waals surface area (Å²) in [6.07, 6.45) is 0. The maximum absolute atomic E-state index is 11.5. The van der Waals surface area contributed by atoms with Gasteiger partial charge in [-0.3, -0.25) is 0 Å². The van der Waals surface area contributed by atoms with E-state index >= 15 is 0 Å².